The van der Waals surface area contributed by atoms with Gasteiger partial charge in [0.15, 0.2) is 0 Å². The summed E-state index contributed by atoms with van der Waals surface area (Å²) < 4.78 is 1.28. The van der Waals surface area contributed by atoms with Crippen molar-refractivity contribution < 1.29 is 5.11 Å². The van der Waals surface area contributed by atoms with Crippen molar-refractivity contribution in [1.82, 2.24) is 4.90 Å². The average molecular weight is 331 g/mol. The first-order valence-electron chi connectivity index (χ1n) is 5.74. The molecular weight excluding hydrogens is 313 g/mol. The van der Waals surface area contributed by atoms with Crippen molar-refractivity contribution in [2.24, 2.45) is 5.92 Å². The fraction of sp³-hybridized carbons (Fsp3) is 0.538. The molecule has 2 rings (SSSR count). The molecule has 2 nitrogen and oxygen atoms in total. The topological polar surface area (TPSA) is 23.5 Å². The van der Waals surface area contributed by atoms with Crippen LogP contribution in [0.4, 0.5) is 0 Å². The molecular formula is C13H18INO. The van der Waals surface area contributed by atoms with Crippen LogP contribution in [0.25, 0.3) is 0 Å². The first-order valence-corrected chi connectivity index (χ1v) is 6.82. The van der Waals surface area contributed by atoms with E-state index in [-0.39, 0.29) is 6.10 Å². The van der Waals surface area contributed by atoms with Crippen LogP contribution in [0.2, 0.25) is 0 Å². The maximum atomic E-state index is 9.23. The lowest BCUT2D eigenvalue weighted by atomic mass is 9.82. The van der Waals surface area contributed by atoms with Crippen molar-refractivity contribution in [2.75, 3.05) is 13.6 Å². The maximum Gasteiger partial charge on any atom is 0.0546 e. The number of hydrogen-bond acceptors (Lipinski definition) is 2. The molecule has 16 heavy (non-hydrogen) atoms. The Bertz CT molecular complexity index is 332. The van der Waals surface area contributed by atoms with E-state index in [9.17, 15) is 5.11 Å². The van der Waals surface area contributed by atoms with Gasteiger partial charge in [-0.05, 0) is 66.1 Å². The van der Waals surface area contributed by atoms with Crippen LogP contribution >= 0.6 is 22.6 Å². The van der Waals surface area contributed by atoms with E-state index in [0.29, 0.717) is 5.92 Å². The largest absolute Gasteiger partial charge is 0.393 e. The van der Waals surface area contributed by atoms with Gasteiger partial charge in [-0.15, -0.1) is 0 Å². The molecule has 0 unspecified atom stereocenters. The number of halogens is 1. The van der Waals surface area contributed by atoms with Gasteiger partial charge in [0.1, 0.15) is 0 Å². The minimum Gasteiger partial charge on any atom is -0.393 e. The van der Waals surface area contributed by atoms with Crippen LogP contribution in [-0.4, -0.2) is 29.7 Å². The first-order chi connectivity index (χ1) is 7.63. The fourth-order valence-electron chi connectivity index (χ4n) is 2.26. The van der Waals surface area contributed by atoms with Gasteiger partial charge in [0.2, 0.25) is 0 Å². The standard InChI is InChI=1S/C13H18INO/c1-15(9-11-6-13(16)7-11)8-10-2-4-12(14)5-3-10/h2-5,11,13,16H,6-9H2,1H3. The molecule has 1 saturated carbocycles. The van der Waals surface area contributed by atoms with Crippen molar-refractivity contribution in [3.05, 3.63) is 33.4 Å². The molecule has 1 aromatic rings. The van der Waals surface area contributed by atoms with Crippen LogP contribution in [0.3, 0.4) is 0 Å². The Labute approximate surface area is 111 Å². The van der Waals surface area contributed by atoms with E-state index < -0.39 is 0 Å². The minimum atomic E-state index is -0.0308. The Balaban J connectivity index is 1.78. The summed E-state index contributed by atoms with van der Waals surface area (Å²) in [6.07, 6.45) is 1.94. The first kappa shape index (κ1) is 12.3. The normalized spacial score (nSPS) is 24.5. The van der Waals surface area contributed by atoms with Crippen molar-refractivity contribution in [3.8, 4) is 0 Å². The fourth-order valence-corrected chi connectivity index (χ4v) is 2.62. The Kier molecular flexibility index (Phi) is 4.21. The summed E-state index contributed by atoms with van der Waals surface area (Å²) in [5.74, 6) is 0.698. The molecule has 0 heterocycles. The second-order valence-electron chi connectivity index (χ2n) is 4.81. The van der Waals surface area contributed by atoms with Crippen LogP contribution in [0, 0.1) is 9.49 Å². The quantitative estimate of drug-likeness (QED) is 0.857. The van der Waals surface area contributed by atoms with Crippen molar-refractivity contribution in [3.63, 3.8) is 0 Å². The molecule has 1 aliphatic rings. The number of benzene rings is 1. The lowest BCUT2D eigenvalue weighted by Gasteiger charge is -2.34. The van der Waals surface area contributed by atoms with Gasteiger partial charge in [0, 0.05) is 16.7 Å². The van der Waals surface area contributed by atoms with E-state index in [2.05, 4.69) is 58.8 Å². The third kappa shape index (κ3) is 3.43. The van der Waals surface area contributed by atoms with Crippen LogP contribution in [0.1, 0.15) is 18.4 Å². The molecule has 0 atom stereocenters. The number of aliphatic hydroxyl groups is 1. The summed E-state index contributed by atoms with van der Waals surface area (Å²) in [5.41, 5.74) is 1.36. The van der Waals surface area contributed by atoms with Gasteiger partial charge in [-0.25, -0.2) is 0 Å². The zero-order chi connectivity index (χ0) is 11.5. The zero-order valence-corrected chi connectivity index (χ0v) is 11.7. The van der Waals surface area contributed by atoms with Gasteiger partial charge in [-0.2, -0.15) is 0 Å². The molecule has 0 bridgehead atoms. The molecule has 0 amide bonds. The monoisotopic (exact) mass is 331 g/mol. The summed E-state index contributed by atoms with van der Waals surface area (Å²) in [6, 6.07) is 8.68. The zero-order valence-electron chi connectivity index (χ0n) is 9.56. The highest BCUT2D eigenvalue weighted by Crippen LogP contribution is 2.27. The number of aliphatic hydroxyl groups excluding tert-OH is 1. The van der Waals surface area contributed by atoms with Gasteiger partial charge >= 0.3 is 0 Å². The molecule has 0 spiro atoms. The third-order valence-corrected chi connectivity index (χ3v) is 3.87. The maximum absolute atomic E-state index is 9.23. The molecule has 1 N–H and O–H groups in total. The molecule has 88 valence electrons. The third-order valence-electron chi connectivity index (χ3n) is 3.15. The second kappa shape index (κ2) is 5.47. The van der Waals surface area contributed by atoms with Gasteiger partial charge in [-0.1, -0.05) is 12.1 Å². The van der Waals surface area contributed by atoms with E-state index in [0.717, 1.165) is 25.9 Å². The summed E-state index contributed by atoms with van der Waals surface area (Å²) in [5, 5.41) is 9.23. The van der Waals surface area contributed by atoms with E-state index in [1.54, 1.807) is 0 Å². The highest BCUT2D eigenvalue weighted by molar-refractivity contribution is 14.1. The molecule has 1 aromatic carbocycles. The Hall–Kier alpha value is -0.130. The number of rotatable bonds is 4. The molecule has 0 radical (unpaired) electrons. The highest BCUT2D eigenvalue weighted by Gasteiger charge is 2.27. The second-order valence-corrected chi connectivity index (χ2v) is 6.06. The van der Waals surface area contributed by atoms with Crippen LogP contribution < -0.4 is 0 Å². The smallest absolute Gasteiger partial charge is 0.0546 e. The highest BCUT2D eigenvalue weighted by atomic mass is 127. The van der Waals surface area contributed by atoms with Gasteiger partial charge < -0.3 is 10.0 Å². The van der Waals surface area contributed by atoms with Gasteiger partial charge in [0.05, 0.1) is 6.10 Å². The van der Waals surface area contributed by atoms with Gasteiger partial charge in [-0.3, -0.25) is 0 Å². The lowest BCUT2D eigenvalue weighted by Crippen LogP contribution is -2.36. The lowest BCUT2D eigenvalue weighted by molar-refractivity contribution is 0.0274. The number of nitrogens with zero attached hydrogens (tertiary/aromatic N) is 1. The number of hydrogen-bond donors (Lipinski definition) is 1. The minimum absolute atomic E-state index is 0.0308. The van der Waals surface area contributed by atoms with E-state index in [1.807, 2.05) is 0 Å². The van der Waals surface area contributed by atoms with Crippen molar-refractivity contribution in [1.29, 1.82) is 0 Å². The van der Waals surface area contributed by atoms with Crippen LogP contribution in [0.5, 0.6) is 0 Å². The van der Waals surface area contributed by atoms with Crippen molar-refractivity contribution in [2.45, 2.75) is 25.5 Å². The van der Waals surface area contributed by atoms with E-state index in [4.69, 9.17) is 0 Å². The summed E-state index contributed by atoms with van der Waals surface area (Å²) in [7, 11) is 2.16. The Morgan fingerprint density at radius 2 is 1.94 bits per heavy atom. The summed E-state index contributed by atoms with van der Waals surface area (Å²) in [6.45, 7) is 2.10. The molecule has 0 aliphatic heterocycles. The van der Waals surface area contributed by atoms with E-state index in [1.165, 1.54) is 9.13 Å². The van der Waals surface area contributed by atoms with Crippen LogP contribution in [0.15, 0.2) is 24.3 Å². The average Bonchev–Trinajstić information content (AvgIpc) is 2.19. The predicted molar refractivity (Wildman–Crippen MR) is 74.2 cm³/mol. The van der Waals surface area contributed by atoms with E-state index >= 15 is 0 Å². The van der Waals surface area contributed by atoms with Gasteiger partial charge in [0.25, 0.3) is 0 Å². The summed E-state index contributed by atoms with van der Waals surface area (Å²) in [4.78, 5) is 2.35. The SMILES string of the molecule is CN(Cc1ccc(I)cc1)CC1CC(O)C1. The Morgan fingerprint density at radius 1 is 1.31 bits per heavy atom. The molecule has 3 heteroatoms. The molecule has 1 aliphatic carbocycles. The molecule has 1 fully saturated rings. The molecule has 0 aromatic heterocycles. The van der Waals surface area contributed by atoms with Crippen LogP contribution in [-0.2, 0) is 6.54 Å². The van der Waals surface area contributed by atoms with Crippen molar-refractivity contribution >= 4 is 22.6 Å². The molecule has 0 saturated heterocycles. The summed E-state index contributed by atoms with van der Waals surface area (Å²) >= 11 is 2.33. The Morgan fingerprint density at radius 3 is 2.50 bits per heavy atom. The predicted octanol–water partition coefficient (Wildman–Crippen LogP) is 2.49.